The number of benzene rings is 2. The maximum absolute atomic E-state index is 12.5. The number of nitriles is 1. The van der Waals surface area contributed by atoms with Gasteiger partial charge in [-0.3, -0.25) is 9.69 Å². The Kier molecular flexibility index (Phi) is 6.69. The molecular formula is C27H24N6O3. The van der Waals surface area contributed by atoms with Gasteiger partial charge in [0.15, 0.2) is 0 Å². The third-order valence-electron chi connectivity index (χ3n) is 6.15. The summed E-state index contributed by atoms with van der Waals surface area (Å²) in [4.78, 5) is 23.7. The van der Waals surface area contributed by atoms with Gasteiger partial charge in [-0.2, -0.15) is 10.2 Å². The first-order valence-corrected chi connectivity index (χ1v) is 11.6. The van der Waals surface area contributed by atoms with Gasteiger partial charge in [-0.1, -0.05) is 17.3 Å². The number of carbonyl (C=O) groups excluding carboxylic acids is 1. The predicted octanol–water partition coefficient (Wildman–Crippen LogP) is 4.60. The maximum Gasteiger partial charge on any atom is 0.256 e. The first-order valence-electron chi connectivity index (χ1n) is 11.6. The van der Waals surface area contributed by atoms with E-state index in [1.165, 1.54) is 0 Å². The molecule has 2 aromatic heterocycles. The topological polar surface area (TPSA) is 117 Å². The Hall–Kier alpha value is -4.55. The molecule has 0 saturated carbocycles. The van der Waals surface area contributed by atoms with Crippen molar-refractivity contribution in [2.75, 3.05) is 19.0 Å². The van der Waals surface area contributed by atoms with Gasteiger partial charge in [0.25, 0.3) is 5.91 Å². The highest BCUT2D eigenvalue weighted by Crippen LogP contribution is 2.33. The first-order chi connectivity index (χ1) is 17.6. The van der Waals surface area contributed by atoms with E-state index in [1.807, 2.05) is 18.2 Å². The van der Waals surface area contributed by atoms with Crippen molar-refractivity contribution in [2.45, 2.75) is 25.4 Å². The summed E-state index contributed by atoms with van der Waals surface area (Å²) < 4.78 is 10.7. The number of anilines is 1. The Morgan fingerprint density at radius 2 is 2.08 bits per heavy atom. The van der Waals surface area contributed by atoms with E-state index >= 15 is 0 Å². The number of nitrogens with one attached hydrogen (secondary N) is 1. The lowest BCUT2D eigenvalue weighted by molar-refractivity contribution is 0.102. The van der Waals surface area contributed by atoms with E-state index in [9.17, 15) is 4.79 Å². The number of aromatic nitrogens is 3. The van der Waals surface area contributed by atoms with Gasteiger partial charge in [0.05, 0.1) is 24.8 Å². The molecule has 1 saturated heterocycles. The number of nitrogens with zero attached hydrogens (tertiary/aromatic N) is 5. The third-order valence-corrected chi connectivity index (χ3v) is 6.15. The molecule has 1 atom stereocenters. The number of rotatable bonds is 7. The smallest absolute Gasteiger partial charge is 0.256 e. The van der Waals surface area contributed by atoms with E-state index in [-0.39, 0.29) is 11.9 Å². The summed E-state index contributed by atoms with van der Waals surface area (Å²) in [6, 6.07) is 20.2. The second kappa shape index (κ2) is 10.4. The second-order valence-electron chi connectivity index (χ2n) is 8.51. The van der Waals surface area contributed by atoms with Crippen LogP contribution in [0.5, 0.6) is 5.75 Å². The number of methoxy groups -OCH3 is 1. The van der Waals surface area contributed by atoms with Crippen LogP contribution in [-0.4, -0.2) is 39.6 Å². The fourth-order valence-corrected chi connectivity index (χ4v) is 4.29. The second-order valence-corrected chi connectivity index (χ2v) is 8.51. The normalized spacial score (nSPS) is 15.4. The Bertz CT molecular complexity index is 1390. The monoisotopic (exact) mass is 480 g/mol. The van der Waals surface area contributed by atoms with E-state index in [0.717, 1.165) is 24.9 Å². The molecule has 2 aromatic carbocycles. The van der Waals surface area contributed by atoms with Gasteiger partial charge >= 0.3 is 0 Å². The molecule has 1 amide bonds. The van der Waals surface area contributed by atoms with Crippen molar-refractivity contribution in [1.82, 2.24) is 20.0 Å². The molecule has 0 spiro atoms. The number of pyridine rings is 1. The number of amides is 1. The zero-order chi connectivity index (χ0) is 24.9. The van der Waals surface area contributed by atoms with E-state index < -0.39 is 0 Å². The van der Waals surface area contributed by atoms with E-state index in [1.54, 1.807) is 55.8 Å². The van der Waals surface area contributed by atoms with Gasteiger partial charge in [0, 0.05) is 23.9 Å². The Labute approximate surface area is 208 Å². The molecule has 1 aliphatic heterocycles. The average Bonchev–Trinajstić information content (AvgIpc) is 3.59. The molecule has 0 aliphatic carbocycles. The number of hydrogen-bond donors (Lipinski definition) is 1. The summed E-state index contributed by atoms with van der Waals surface area (Å²) in [5.74, 6) is 1.85. The molecule has 9 nitrogen and oxygen atoms in total. The number of ether oxygens (including phenoxy) is 1. The largest absolute Gasteiger partial charge is 0.497 e. The van der Waals surface area contributed by atoms with Gasteiger partial charge in [0.2, 0.25) is 11.7 Å². The van der Waals surface area contributed by atoms with Crippen LogP contribution in [0.3, 0.4) is 0 Å². The van der Waals surface area contributed by atoms with Gasteiger partial charge in [-0.05, 0) is 73.5 Å². The minimum atomic E-state index is -0.263. The lowest BCUT2D eigenvalue weighted by Gasteiger charge is -2.21. The number of hydrogen-bond acceptors (Lipinski definition) is 8. The minimum Gasteiger partial charge on any atom is -0.497 e. The van der Waals surface area contributed by atoms with Gasteiger partial charge in [0.1, 0.15) is 11.6 Å². The molecule has 9 heteroatoms. The fraction of sp³-hybridized carbons (Fsp3) is 0.222. The van der Waals surface area contributed by atoms with Crippen LogP contribution in [0.1, 0.15) is 46.3 Å². The van der Waals surface area contributed by atoms with Crippen molar-refractivity contribution in [2.24, 2.45) is 0 Å². The molecule has 0 radical (unpaired) electrons. The van der Waals surface area contributed by atoms with E-state index in [2.05, 4.69) is 31.4 Å². The van der Waals surface area contributed by atoms with Crippen LogP contribution < -0.4 is 10.1 Å². The molecule has 1 N–H and O–H groups in total. The van der Waals surface area contributed by atoms with Crippen molar-refractivity contribution >= 4 is 11.7 Å². The maximum atomic E-state index is 12.5. The molecule has 180 valence electrons. The minimum absolute atomic E-state index is 0.0213. The summed E-state index contributed by atoms with van der Waals surface area (Å²) in [5.41, 5.74) is 2.93. The van der Waals surface area contributed by atoms with Crippen LogP contribution in [0.4, 0.5) is 5.82 Å². The lowest BCUT2D eigenvalue weighted by Crippen LogP contribution is -2.23. The molecule has 0 unspecified atom stereocenters. The average molecular weight is 481 g/mol. The Balaban J connectivity index is 1.25. The molecule has 4 aromatic rings. The number of likely N-dealkylation sites (tertiary alicyclic amines) is 1. The highest BCUT2D eigenvalue weighted by molar-refractivity contribution is 6.03. The lowest BCUT2D eigenvalue weighted by atomic mass is 10.1. The molecule has 3 heterocycles. The third kappa shape index (κ3) is 5.09. The van der Waals surface area contributed by atoms with Gasteiger partial charge in [-0.15, -0.1) is 0 Å². The quantitative estimate of drug-likeness (QED) is 0.408. The summed E-state index contributed by atoms with van der Waals surface area (Å²) in [5, 5.41) is 16.1. The molecule has 5 rings (SSSR count). The van der Waals surface area contributed by atoms with E-state index in [0.29, 0.717) is 46.5 Å². The van der Waals surface area contributed by atoms with Crippen LogP contribution >= 0.6 is 0 Å². The first kappa shape index (κ1) is 23.2. The zero-order valence-corrected chi connectivity index (χ0v) is 19.7. The Morgan fingerprint density at radius 3 is 2.83 bits per heavy atom. The van der Waals surface area contributed by atoms with Gasteiger partial charge < -0.3 is 14.6 Å². The summed E-state index contributed by atoms with van der Waals surface area (Å²) in [6.45, 7) is 1.63. The van der Waals surface area contributed by atoms with Crippen LogP contribution in [0, 0.1) is 11.3 Å². The standard InChI is InChI=1S/C27H24N6O3/c1-35-22-10-7-20(8-11-22)26(34)30-24-12-9-21(16-29-24)25-31-27(36-32-25)23-6-3-13-33(23)17-19-5-2-4-18(14-19)15-28/h2,4-5,7-12,14,16,23H,3,6,13,17H2,1H3,(H,29,30,34)/t23-/m0/s1. The van der Waals surface area contributed by atoms with Crippen LogP contribution in [0.25, 0.3) is 11.4 Å². The summed E-state index contributed by atoms with van der Waals surface area (Å²) in [6.07, 6.45) is 3.57. The predicted molar refractivity (Wildman–Crippen MR) is 132 cm³/mol. The highest BCUT2D eigenvalue weighted by atomic mass is 16.5. The van der Waals surface area contributed by atoms with Gasteiger partial charge in [-0.25, -0.2) is 4.98 Å². The van der Waals surface area contributed by atoms with Crippen LogP contribution in [0.15, 0.2) is 71.4 Å². The number of carbonyl (C=O) groups is 1. The molecule has 1 fully saturated rings. The molecular weight excluding hydrogens is 456 g/mol. The van der Waals surface area contributed by atoms with E-state index in [4.69, 9.17) is 14.5 Å². The summed E-state index contributed by atoms with van der Waals surface area (Å²) >= 11 is 0. The molecule has 36 heavy (non-hydrogen) atoms. The molecule has 0 bridgehead atoms. The highest BCUT2D eigenvalue weighted by Gasteiger charge is 2.31. The van der Waals surface area contributed by atoms with Crippen molar-refractivity contribution in [3.8, 4) is 23.2 Å². The zero-order valence-electron chi connectivity index (χ0n) is 19.7. The van der Waals surface area contributed by atoms with Crippen LogP contribution in [-0.2, 0) is 6.54 Å². The SMILES string of the molecule is COc1ccc(C(=O)Nc2ccc(-c3noc([C@@H]4CCCN4Cc4cccc(C#N)c4)n3)cn2)cc1. The molecule has 1 aliphatic rings. The summed E-state index contributed by atoms with van der Waals surface area (Å²) in [7, 11) is 1.58. The van der Waals surface area contributed by atoms with Crippen LogP contribution in [0.2, 0.25) is 0 Å². The van der Waals surface area contributed by atoms with Crippen molar-refractivity contribution in [1.29, 1.82) is 5.26 Å². The Morgan fingerprint density at radius 1 is 1.22 bits per heavy atom. The fourth-order valence-electron chi connectivity index (χ4n) is 4.29. The van der Waals surface area contributed by atoms with Crippen molar-refractivity contribution in [3.05, 3.63) is 89.4 Å². The van der Waals surface area contributed by atoms with Crippen molar-refractivity contribution < 1.29 is 14.1 Å². The van der Waals surface area contributed by atoms with Crippen molar-refractivity contribution in [3.63, 3.8) is 0 Å².